The molecule has 4 heteroatoms. The number of Topliss-reactive ketones (excluding diaryl/α,β-unsaturated/α-hetero) is 1. The van der Waals surface area contributed by atoms with Gasteiger partial charge in [0.2, 0.25) is 0 Å². The fraction of sp³-hybridized carbons (Fsp3) is 0.667. The topological polar surface area (TPSA) is 52.6 Å². The van der Waals surface area contributed by atoms with Gasteiger partial charge in [-0.2, -0.15) is 0 Å². The predicted octanol–water partition coefficient (Wildman–Crippen LogP) is -0.235. The second kappa shape index (κ2) is 4.93. The lowest BCUT2D eigenvalue weighted by Gasteiger charge is -1.98. The zero-order valence-electron chi connectivity index (χ0n) is 6.05. The van der Waals surface area contributed by atoms with Crippen LogP contribution in [0.1, 0.15) is 6.92 Å². The van der Waals surface area contributed by atoms with Gasteiger partial charge in [0.1, 0.15) is 13.2 Å². The van der Waals surface area contributed by atoms with Crippen LogP contribution < -0.4 is 0 Å². The van der Waals surface area contributed by atoms with E-state index in [1.54, 1.807) is 0 Å². The Labute approximate surface area is 59.1 Å². The van der Waals surface area contributed by atoms with Crippen molar-refractivity contribution in [3.05, 3.63) is 0 Å². The van der Waals surface area contributed by atoms with Crippen molar-refractivity contribution in [2.45, 2.75) is 6.92 Å². The van der Waals surface area contributed by atoms with Crippen molar-refractivity contribution in [2.75, 3.05) is 20.3 Å². The second-order valence-corrected chi connectivity index (χ2v) is 1.77. The Hall–Kier alpha value is -0.900. The standard InChI is InChI=1S/C6H10O4/c1-5(7)3-10-4-6(8)9-2/h3-4H2,1-2H3. The number of methoxy groups -OCH3 is 1. The molecule has 0 spiro atoms. The maximum Gasteiger partial charge on any atom is 0.331 e. The molecule has 0 amide bonds. The molecule has 0 N–H and O–H groups in total. The molecule has 0 aliphatic carbocycles. The van der Waals surface area contributed by atoms with E-state index >= 15 is 0 Å². The van der Waals surface area contributed by atoms with Crippen LogP contribution in [-0.4, -0.2) is 32.1 Å². The third-order valence-electron chi connectivity index (χ3n) is 0.753. The van der Waals surface area contributed by atoms with Gasteiger partial charge >= 0.3 is 5.97 Å². The monoisotopic (exact) mass is 146 g/mol. The normalized spacial score (nSPS) is 9.00. The Bertz CT molecular complexity index is 130. The third kappa shape index (κ3) is 5.24. The molecule has 4 nitrogen and oxygen atoms in total. The van der Waals surface area contributed by atoms with E-state index in [4.69, 9.17) is 0 Å². The van der Waals surface area contributed by atoms with Crippen LogP contribution in [0, 0.1) is 0 Å². The first kappa shape index (κ1) is 9.10. The molecule has 0 aromatic carbocycles. The molecule has 0 radical (unpaired) electrons. The van der Waals surface area contributed by atoms with E-state index in [1.165, 1.54) is 14.0 Å². The van der Waals surface area contributed by atoms with E-state index in [0.717, 1.165) is 0 Å². The van der Waals surface area contributed by atoms with Crippen LogP contribution in [0.4, 0.5) is 0 Å². The van der Waals surface area contributed by atoms with Crippen molar-refractivity contribution in [2.24, 2.45) is 0 Å². The van der Waals surface area contributed by atoms with E-state index in [1.807, 2.05) is 0 Å². The van der Waals surface area contributed by atoms with E-state index in [2.05, 4.69) is 9.47 Å². The van der Waals surface area contributed by atoms with Crippen molar-refractivity contribution < 1.29 is 19.1 Å². The molecule has 0 atom stereocenters. The molecule has 0 rings (SSSR count). The molecular formula is C6H10O4. The van der Waals surface area contributed by atoms with Crippen LogP contribution in [0.3, 0.4) is 0 Å². The van der Waals surface area contributed by atoms with Crippen molar-refractivity contribution in [3.63, 3.8) is 0 Å². The van der Waals surface area contributed by atoms with Gasteiger partial charge in [0.15, 0.2) is 5.78 Å². The fourth-order valence-corrected chi connectivity index (χ4v) is 0.337. The van der Waals surface area contributed by atoms with Gasteiger partial charge in [-0.3, -0.25) is 4.79 Å². The highest BCUT2D eigenvalue weighted by atomic mass is 16.6. The van der Waals surface area contributed by atoms with Gasteiger partial charge in [-0.1, -0.05) is 0 Å². The molecule has 0 aliphatic heterocycles. The summed E-state index contributed by atoms with van der Waals surface area (Å²) in [6, 6.07) is 0. The Morgan fingerprint density at radius 2 is 1.90 bits per heavy atom. The average Bonchev–Trinajstić information content (AvgIpc) is 1.87. The lowest BCUT2D eigenvalue weighted by Crippen LogP contribution is -2.13. The zero-order chi connectivity index (χ0) is 7.98. The van der Waals surface area contributed by atoms with E-state index < -0.39 is 5.97 Å². The Balaban J connectivity index is 3.20. The lowest BCUT2D eigenvalue weighted by molar-refractivity contribution is -0.146. The number of carbonyl (C=O) groups excluding carboxylic acids is 2. The lowest BCUT2D eigenvalue weighted by atomic mass is 10.5. The first-order valence-corrected chi connectivity index (χ1v) is 2.81. The van der Waals surface area contributed by atoms with E-state index in [9.17, 15) is 9.59 Å². The Morgan fingerprint density at radius 1 is 1.30 bits per heavy atom. The third-order valence-corrected chi connectivity index (χ3v) is 0.753. The summed E-state index contributed by atoms with van der Waals surface area (Å²) in [5.41, 5.74) is 0. The van der Waals surface area contributed by atoms with Crippen LogP contribution >= 0.6 is 0 Å². The minimum atomic E-state index is -0.471. The maximum atomic E-state index is 10.3. The van der Waals surface area contributed by atoms with Gasteiger partial charge in [0, 0.05) is 0 Å². The van der Waals surface area contributed by atoms with E-state index in [-0.39, 0.29) is 19.0 Å². The summed E-state index contributed by atoms with van der Waals surface area (Å²) in [4.78, 5) is 20.6. The fourth-order valence-electron chi connectivity index (χ4n) is 0.337. The van der Waals surface area contributed by atoms with Crippen LogP contribution in [-0.2, 0) is 19.1 Å². The van der Waals surface area contributed by atoms with Gasteiger partial charge in [-0.05, 0) is 6.92 Å². The second-order valence-electron chi connectivity index (χ2n) is 1.77. The molecule has 58 valence electrons. The number of hydrogen-bond donors (Lipinski definition) is 0. The minimum Gasteiger partial charge on any atom is -0.467 e. The molecule has 0 aromatic heterocycles. The highest BCUT2D eigenvalue weighted by Crippen LogP contribution is 1.78. The number of ketones is 1. The average molecular weight is 146 g/mol. The highest BCUT2D eigenvalue weighted by Gasteiger charge is 1.99. The summed E-state index contributed by atoms with van der Waals surface area (Å²) in [6.45, 7) is 1.20. The molecule has 10 heavy (non-hydrogen) atoms. The summed E-state index contributed by atoms with van der Waals surface area (Å²) >= 11 is 0. The van der Waals surface area contributed by atoms with Gasteiger partial charge in [0.05, 0.1) is 7.11 Å². The molecular weight excluding hydrogens is 136 g/mol. The predicted molar refractivity (Wildman–Crippen MR) is 33.5 cm³/mol. The summed E-state index contributed by atoms with van der Waals surface area (Å²) in [6.07, 6.45) is 0. The van der Waals surface area contributed by atoms with Crippen LogP contribution in [0.5, 0.6) is 0 Å². The van der Waals surface area contributed by atoms with Gasteiger partial charge in [-0.15, -0.1) is 0 Å². The molecule has 0 heterocycles. The van der Waals surface area contributed by atoms with Crippen LogP contribution in [0.15, 0.2) is 0 Å². The molecule has 0 aliphatic rings. The molecule has 0 saturated heterocycles. The van der Waals surface area contributed by atoms with Crippen molar-refractivity contribution in [1.82, 2.24) is 0 Å². The number of ether oxygens (including phenoxy) is 2. The molecule has 0 aromatic rings. The smallest absolute Gasteiger partial charge is 0.331 e. The van der Waals surface area contributed by atoms with Gasteiger partial charge in [-0.25, -0.2) is 4.79 Å². The number of carbonyl (C=O) groups is 2. The van der Waals surface area contributed by atoms with E-state index in [0.29, 0.717) is 0 Å². The quantitative estimate of drug-likeness (QED) is 0.514. The number of rotatable bonds is 4. The minimum absolute atomic E-state index is 0.0326. The van der Waals surface area contributed by atoms with Gasteiger partial charge < -0.3 is 9.47 Å². The van der Waals surface area contributed by atoms with Crippen molar-refractivity contribution >= 4 is 11.8 Å². The number of esters is 1. The summed E-state index contributed by atoms with van der Waals surface area (Å²) < 4.78 is 8.88. The molecule has 0 fully saturated rings. The summed E-state index contributed by atoms with van der Waals surface area (Å²) in [7, 11) is 1.26. The molecule has 0 bridgehead atoms. The first-order chi connectivity index (χ1) is 4.66. The Kier molecular flexibility index (Phi) is 4.49. The zero-order valence-corrected chi connectivity index (χ0v) is 6.05. The summed E-state index contributed by atoms with van der Waals surface area (Å²) in [5.74, 6) is -0.579. The summed E-state index contributed by atoms with van der Waals surface area (Å²) in [5, 5.41) is 0. The largest absolute Gasteiger partial charge is 0.467 e. The SMILES string of the molecule is COC(=O)COCC(C)=O. The van der Waals surface area contributed by atoms with Crippen LogP contribution in [0.2, 0.25) is 0 Å². The van der Waals surface area contributed by atoms with Gasteiger partial charge in [0.25, 0.3) is 0 Å². The van der Waals surface area contributed by atoms with Crippen LogP contribution in [0.25, 0.3) is 0 Å². The highest BCUT2D eigenvalue weighted by molar-refractivity contribution is 5.77. The Morgan fingerprint density at radius 3 is 2.30 bits per heavy atom. The molecule has 0 saturated carbocycles. The first-order valence-electron chi connectivity index (χ1n) is 2.81. The van der Waals surface area contributed by atoms with Crippen molar-refractivity contribution in [3.8, 4) is 0 Å². The van der Waals surface area contributed by atoms with Crippen molar-refractivity contribution in [1.29, 1.82) is 0 Å². The number of hydrogen-bond acceptors (Lipinski definition) is 4. The maximum absolute atomic E-state index is 10.3. The molecule has 0 unspecified atom stereocenters.